The van der Waals surface area contributed by atoms with Crippen LogP contribution in [0.2, 0.25) is 0 Å². The summed E-state index contributed by atoms with van der Waals surface area (Å²) in [7, 11) is 0. The predicted molar refractivity (Wildman–Crippen MR) is 140 cm³/mol. The number of nitriles is 1. The Kier molecular flexibility index (Phi) is 6.17. The van der Waals surface area contributed by atoms with E-state index in [0.717, 1.165) is 58.4 Å². The van der Waals surface area contributed by atoms with E-state index in [1.54, 1.807) is 11.3 Å². The SMILES string of the molecule is CC(C)CCC[C@@H](C)[C@H]1CC[C@H]2[C@@H]3CC[C@H]4Cc5c(sc(N)c5C#N)C[C@]4(C)[C@H]3CC[C@]12C. The highest BCUT2D eigenvalue weighted by atomic mass is 32.1. The first-order chi connectivity index (χ1) is 15.7. The van der Waals surface area contributed by atoms with E-state index in [2.05, 4.69) is 40.7 Å². The van der Waals surface area contributed by atoms with Gasteiger partial charge in [0.05, 0.1) is 5.56 Å². The fourth-order valence-electron chi connectivity index (χ4n) is 9.78. The lowest BCUT2D eigenvalue weighted by molar-refractivity contribution is -0.103. The van der Waals surface area contributed by atoms with Crippen LogP contribution in [0.1, 0.15) is 108 Å². The van der Waals surface area contributed by atoms with Gasteiger partial charge in [-0.25, -0.2) is 0 Å². The first kappa shape index (κ1) is 23.7. The highest BCUT2D eigenvalue weighted by molar-refractivity contribution is 7.16. The summed E-state index contributed by atoms with van der Waals surface area (Å²) in [5.74, 6) is 6.14. The molecule has 0 aromatic carbocycles. The summed E-state index contributed by atoms with van der Waals surface area (Å²) >= 11 is 1.72. The fraction of sp³-hybridized carbons (Fsp3) is 0.833. The van der Waals surface area contributed by atoms with Gasteiger partial charge in [0.1, 0.15) is 11.1 Å². The van der Waals surface area contributed by atoms with Gasteiger partial charge in [0.15, 0.2) is 0 Å². The number of thiophene rings is 1. The molecule has 0 radical (unpaired) electrons. The van der Waals surface area contributed by atoms with Crippen molar-refractivity contribution in [3.8, 4) is 6.07 Å². The van der Waals surface area contributed by atoms with Crippen molar-refractivity contribution in [1.82, 2.24) is 0 Å². The van der Waals surface area contributed by atoms with E-state index in [0.29, 0.717) is 10.8 Å². The number of nitrogens with zero attached hydrogens (tertiary/aromatic N) is 1. The van der Waals surface area contributed by atoms with Gasteiger partial charge in [-0.2, -0.15) is 5.26 Å². The zero-order valence-corrected chi connectivity index (χ0v) is 22.6. The molecule has 1 heterocycles. The standard InChI is InChI=1S/C30H46N2S/c1-18(2)7-6-8-19(3)24-11-12-25-21-10-9-20-15-22-23(17-31)28(32)33-27(22)16-30(20,5)26(21)13-14-29(24,25)4/h18-21,24-26H,6-16,32H2,1-5H3/t19-,20+,21+,24-,25+,26+,29-,30+/m1/s1. The van der Waals surface area contributed by atoms with Crippen LogP contribution in [0, 0.1) is 63.6 Å². The summed E-state index contributed by atoms with van der Waals surface area (Å²) in [6, 6.07) is 2.42. The van der Waals surface area contributed by atoms with Crippen LogP contribution in [-0.2, 0) is 12.8 Å². The molecular weight excluding hydrogens is 420 g/mol. The van der Waals surface area contributed by atoms with E-state index in [-0.39, 0.29) is 0 Å². The van der Waals surface area contributed by atoms with Crippen molar-refractivity contribution in [2.45, 2.75) is 105 Å². The normalized spacial score (nSPS) is 40.5. The van der Waals surface area contributed by atoms with Crippen LogP contribution in [0.25, 0.3) is 0 Å². The van der Waals surface area contributed by atoms with Gasteiger partial charge in [-0.3, -0.25) is 0 Å². The van der Waals surface area contributed by atoms with Gasteiger partial charge < -0.3 is 5.73 Å². The molecule has 3 fully saturated rings. The summed E-state index contributed by atoms with van der Waals surface area (Å²) < 4.78 is 0. The molecule has 0 aliphatic heterocycles. The highest BCUT2D eigenvalue weighted by Crippen LogP contribution is 2.68. The van der Waals surface area contributed by atoms with Gasteiger partial charge >= 0.3 is 0 Å². The highest BCUT2D eigenvalue weighted by Gasteiger charge is 2.60. The Morgan fingerprint density at radius 1 is 1.03 bits per heavy atom. The third-order valence-electron chi connectivity index (χ3n) is 11.5. The van der Waals surface area contributed by atoms with E-state index in [1.165, 1.54) is 74.6 Å². The summed E-state index contributed by atoms with van der Waals surface area (Å²) in [6.07, 6.45) is 15.1. The summed E-state index contributed by atoms with van der Waals surface area (Å²) in [5.41, 5.74) is 9.37. The Morgan fingerprint density at radius 3 is 2.52 bits per heavy atom. The molecule has 8 atom stereocenters. The summed E-state index contributed by atoms with van der Waals surface area (Å²) in [4.78, 5) is 1.44. The molecule has 182 valence electrons. The molecule has 0 amide bonds. The number of fused-ring (bicyclic) bond motifs is 6. The molecule has 2 nitrogen and oxygen atoms in total. The number of nitrogen functional groups attached to an aromatic ring is 1. The Labute approximate surface area is 206 Å². The van der Waals surface area contributed by atoms with Crippen molar-refractivity contribution in [1.29, 1.82) is 5.26 Å². The molecule has 33 heavy (non-hydrogen) atoms. The topological polar surface area (TPSA) is 49.8 Å². The fourth-order valence-corrected chi connectivity index (χ4v) is 11.0. The van der Waals surface area contributed by atoms with E-state index in [4.69, 9.17) is 5.73 Å². The van der Waals surface area contributed by atoms with Crippen molar-refractivity contribution in [3.63, 3.8) is 0 Å². The van der Waals surface area contributed by atoms with Crippen molar-refractivity contribution in [2.24, 2.45) is 52.3 Å². The molecular formula is C30H46N2S. The number of anilines is 1. The minimum atomic E-state index is 0.405. The average Bonchev–Trinajstić information content (AvgIpc) is 3.26. The monoisotopic (exact) mass is 466 g/mol. The molecule has 2 N–H and O–H groups in total. The van der Waals surface area contributed by atoms with Crippen LogP contribution in [0.3, 0.4) is 0 Å². The molecule has 0 unspecified atom stereocenters. The maximum Gasteiger partial charge on any atom is 0.104 e. The average molecular weight is 467 g/mol. The van der Waals surface area contributed by atoms with E-state index >= 15 is 0 Å². The molecule has 0 saturated heterocycles. The zero-order chi connectivity index (χ0) is 23.5. The molecule has 4 aliphatic carbocycles. The molecule has 3 saturated carbocycles. The van der Waals surface area contributed by atoms with Crippen LogP contribution in [0.4, 0.5) is 5.00 Å². The number of nitrogens with two attached hydrogens (primary N) is 1. The van der Waals surface area contributed by atoms with Crippen LogP contribution in [0.15, 0.2) is 0 Å². The Balaban J connectivity index is 1.35. The van der Waals surface area contributed by atoms with Crippen LogP contribution in [0.5, 0.6) is 0 Å². The molecule has 1 aromatic heterocycles. The van der Waals surface area contributed by atoms with Crippen LogP contribution in [-0.4, -0.2) is 0 Å². The molecule has 5 rings (SSSR count). The molecule has 0 spiro atoms. The van der Waals surface area contributed by atoms with E-state index in [1.807, 2.05) is 0 Å². The second kappa shape index (κ2) is 8.58. The quantitative estimate of drug-likeness (QED) is 0.475. The van der Waals surface area contributed by atoms with E-state index in [9.17, 15) is 5.26 Å². The van der Waals surface area contributed by atoms with Crippen molar-refractivity contribution in [2.75, 3.05) is 5.73 Å². The first-order valence-corrected chi connectivity index (χ1v) is 14.8. The number of rotatable bonds is 5. The zero-order valence-electron chi connectivity index (χ0n) is 21.8. The number of hydrogen-bond acceptors (Lipinski definition) is 3. The Bertz CT molecular complexity index is 924. The van der Waals surface area contributed by atoms with Crippen molar-refractivity contribution < 1.29 is 0 Å². The predicted octanol–water partition coefficient (Wildman–Crippen LogP) is 8.24. The lowest BCUT2D eigenvalue weighted by Gasteiger charge is -2.60. The van der Waals surface area contributed by atoms with Crippen LogP contribution < -0.4 is 5.73 Å². The van der Waals surface area contributed by atoms with Crippen molar-refractivity contribution >= 4 is 16.3 Å². The Morgan fingerprint density at radius 2 is 1.79 bits per heavy atom. The summed E-state index contributed by atoms with van der Waals surface area (Å²) in [6.45, 7) is 12.7. The third kappa shape index (κ3) is 3.69. The molecule has 4 aliphatic rings. The number of hydrogen-bond donors (Lipinski definition) is 1. The molecule has 1 aromatic rings. The second-order valence-electron chi connectivity index (χ2n) is 13.4. The van der Waals surface area contributed by atoms with Gasteiger partial charge in [0.2, 0.25) is 0 Å². The van der Waals surface area contributed by atoms with Gasteiger partial charge in [-0.15, -0.1) is 11.3 Å². The largest absolute Gasteiger partial charge is 0.389 e. The van der Waals surface area contributed by atoms with Gasteiger partial charge in [0.25, 0.3) is 0 Å². The van der Waals surface area contributed by atoms with E-state index < -0.39 is 0 Å². The maximum absolute atomic E-state index is 9.67. The first-order valence-electron chi connectivity index (χ1n) is 14.0. The lowest BCUT2D eigenvalue weighted by Crippen LogP contribution is -2.54. The Hall–Kier alpha value is -1.01. The minimum absolute atomic E-state index is 0.405. The van der Waals surface area contributed by atoms with Crippen LogP contribution >= 0.6 is 11.3 Å². The van der Waals surface area contributed by atoms with Gasteiger partial charge in [-0.05, 0) is 109 Å². The second-order valence-corrected chi connectivity index (χ2v) is 14.6. The lowest BCUT2D eigenvalue weighted by atomic mass is 9.44. The minimum Gasteiger partial charge on any atom is -0.389 e. The third-order valence-corrected chi connectivity index (χ3v) is 12.5. The summed E-state index contributed by atoms with van der Waals surface area (Å²) in [5, 5.41) is 10.4. The smallest absolute Gasteiger partial charge is 0.104 e. The van der Waals surface area contributed by atoms with Gasteiger partial charge in [-0.1, -0.05) is 53.9 Å². The molecule has 3 heteroatoms. The van der Waals surface area contributed by atoms with Crippen molar-refractivity contribution in [3.05, 3.63) is 16.0 Å². The molecule has 0 bridgehead atoms. The maximum atomic E-state index is 9.67. The van der Waals surface area contributed by atoms with Gasteiger partial charge in [0, 0.05) is 4.88 Å².